The van der Waals surface area contributed by atoms with Crippen LogP contribution in [0.25, 0.3) is 27.8 Å². The minimum atomic E-state index is -0.332. The van der Waals surface area contributed by atoms with Crippen LogP contribution in [-0.2, 0) is 9.53 Å². The third-order valence-electron chi connectivity index (χ3n) is 5.16. The van der Waals surface area contributed by atoms with Gasteiger partial charge in [-0.3, -0.25) is 4.79 Å². The summed E-state index contributed by atoms with van der Waals surface area (Å²) < 4.78 is 12.6. The maximum atomic E-state index is 12.5. The van der Waals surface area contributed by atoms with Crippen LogP contribution < -0.4 is 4.74 Å². The molecule has 0 unspecified atom stereocenters. The number of thioether (sulfide) groups is 1. The first kappa shape index (κ1) is 21.9. The van der Waals surface area contributed by atoms with Crippen molar-refractivity contribution in [2.75, 3.05) is 13.7 Å². The molecule has 4 aromatic rings. The van der Waals surface area contributed by atoms with E-state index in [4.69, 9.17) is 9.47 Å². The highest BCUT2D eigenvalue weighted by molar-refractivity contribution is 8.00. The van der Waals surface area contributed by atoms with Gasteiger partial charge >= 0.3 is 5.97 Å². The number of hydrogen-bond acceptors (Lipinski definition) is 6. The molecule has 0 N–H and O–H groups in total. The van der Waals surface area contributed by atoms with Gasteiger partial charge in [-0.1, -0.05) is 49.0 Å². The average molecular weight is 448 g/mol. The fourth-order valence-corrected chi connectivity index (χ4v) is 4.60. The number of benzene rings is 2. The van der Waals surface area contributed by atoms with Gasteiger partial charge in [0.2, 0.25) is 0 Å². The van der Waals surface area contributed by atoms with Crippen molar-refractivity contribution in [3.05, 3.63) is 67.1 Å². The Morgan fingerprint density at radius 3 is 2.47 bits per heavy atom. The summed E-state index contributed by atoms with van der Waals surface area (Å²) in [7, 11) is 1.65. The molecule has 0 amide bonds. The minimum Gasteiger partial charge on any atom is -0.497 e. The van der Waals surface area contributed by atoms with Gasteiger partial charge in [0.15, 0.2) is 0 Å². The molecule has 0 saturated heterocycles. The lowest BCUT2D eigenvalue weighted by Gasteiger charge is -2.13. The summed E-state index contributed by atoms with van der Waals surface area (Å²) >= 11 is 1.43. The zero-order valence-corrected chi connectivity index (χ0v) is 19.1. The molecule has 0 spiro atoms. The lowest BCUT2D eigenvalue weighted by atomic mass is 10.1. The van der Waals surface area contributed by atoms with Crippen LogP contribution in [0.15, 0.2) is 72.1 Å². The Morgan fingerprint density at radius 2 is 1.81 bits per heavy atom. The normalized spacial score (nSPS) is 12.0. The lowest BCUT2D eigenvalue weighted by Crippen LogP contribution is -2.19. The Balaban J connectivity index is 1.88. The van der Waals surface area contributed by atoms with E-state index in [0.717, 1.165) is 38.6 Å². The summed E-state index contributed by atoms with van der Waals surface area (Å²) in [4.78, 5) is 21.6. The summed E-state index contributed by atoms with van der Waals surface area (Å²) in [5.41, 5.74) is 3.82. The summed E-state index contributed by atoms with van der Waals surface area (Å²) in [5.74, 6) is 0.571. The maximum absolute atomic E-state index is 12.5. The quantitative estimate of drug-likeness (QED) is 0.201. The SMILES string of the molecule is CCOC(=O)[C@H](CC)Sc1ncnc2c1c(-c1ccccc1)cn2-c1ccc(OC)cc1. The Morgan fingerprint density at radius 1 is 1.06 bits per heavy atom. The Bertz CT molecular complexity index is 1210. The molecule has 0 bridgehead atoms. The van der Waals surface area contributed by atoms with Gasteiger partial charge in [-0.15, -0.1) is 0 Å². The van der Waals surface area contributed by atoms with E-state index in [1.165, 1.54) is 11.8 Å². The second kappa shape index (κ2) is 9.87. The number of esters is 1. The predicted molar refractivity (Wildman–Crippen MR) is 127 cm³/mol. The van der Waals surface area contributed by atoms with Crippen molar-refractivity contribution in [3.8, 4) is 22.6 Å². The van der Waals surface area contributed by atoms with Crippen LogP contribution in [0.5, 0.6) is 5.75 Å². The first-order valence-corrected chi connectivity index (χ1v) is 11.4. The second-order valence-corrected chi connectivity index (χ2v) is 8.31. The Labute approximate surface area is 191 Å². The molecule has 32 heavy (non-hydrogen) atoms. The molecule has 0 fully saturated rings. The van der Waals surface area contributed by atoms with E-state index in [-0.39, 0.29) is 11.2 Å². The summed E-state index contributed by atoms with van der Waals surface area (Å²) in [6.45, 7) is 4.16. The predicted octanol–water partition coefficient (Wildman–Crippen LogP) is 5.53. The smallest absolute Gasteiger partial charge is 0.319 e. The lowest BCUT2D eigenvalue weighted by molar-refractivity contribution is -0.142. The van der Waals surface area contributed by atoms with E-state index in [0.29, 0.717) is 13.0 Å². The first-order valence-electron chi connectivity index (χ1n) is 10.6. The van der Waals surface area contributed by atoms with Gasteiger partial charge in [0, 0.05) is 17.4 Å². The number of fused-ring (bicyclic) bond motifs is 1. The molecular weight excluding hydrogens is 422 g/mol. The van der Waals surface area contributed by atoms with Crippen LogP contribution in [0.2, 0.25) is 0 Å². The number of rotatable bonds is 8. The van der Waals surface area contributed by atoms with Crippen LogP contribution in [-0.4, -0.2) is 39.5 Å². The molecule has 0 radical (unpaired) electrons. The standard InChI is InChI=1S/C25H25N3O3S/c1-4-21(25(29)31-5-2)32-24-22-20(17-9-7-6-8-10-17)15-28(23(22)26-16-27-24)18-11-13-19(30-3)14-12-18/h6-16,21H,4-5H2,1-3H3/t21-/m0/s1. The number of aromatic nitrogens is 3. The average Bonchev–Trinajstić information content (AvgIpc) is 3.24. The summed E-state index contributed by atoms with van der Waals surface area (Å²) in [6.07, 6.45) is 4.28. The first-order chi connectivity index (χ1) is 15.7. The molecule has 4 rings (SSSR count). The van der Waals surface area contributed by atoms with Crippen molar-refractivity contribution in [2.45, 2.75) is 30.5 Å². The molecule has 0 saturated carbocycles. The third-order valence-corrected chi connectivity index (χ3v) is 6.50. The molecule has 0 aliphatic carbocycles. The van der Waals surface area contributed by atoms with Gasteiger partial charge in [0.05, 0.1) is 19.1 Å². The Hall–Kier alpha value is -3.32. The van der Waals surface area contributed by atoms with Gasteiger partial charge in [-0.2, -0.15) is 0 Å². The van der Waals surface area contributed by atoms with Crippen molar-refractivity contribution < 1.29 is 14.3 Å². The van der Waals surface area contributed by atoms with Crippen molar-refractivity contribution >= 4 is 28.8 Å². The van der Waals surface area contributed by atoms with Crippen LogP contribution in [0.3, 0.4) is 0 Å². The number of methoxy groups -OCH3 is 1. The largest absolute Gasteiger partial charge is 0.497 e. The summed E-state index contributed by atoms with van der Waals surface area (Å²) in [6, 6.07) is 18.0. The molecule has 6 nitrogen and oxygen atoms in total. The number of ether oxygens (including phenoxy) is 2. The molecule has 164 valence electrons. The molecule has 2 heterocycles. The monoisotopic (exact) mass is 447 g/mol. The molecule has 0 aliphatic heterocycles. The Kier molecular flexibility index (Phi) is 6.75. The number of carbonyl (C=O) groups is 1. The van der Waals surface area contributed by atoms with E-state index in [1.807, 2.05) is 60.9 Å². The number of nitrogens with zero attached hydrogens (tertiary/aromatic N) is 3. The van der Waals surface area contributed by atoms with Gasteiger partial charge in [-0.05, 0) is 43.2 Å². The van der Waals surface area contributed by atoms with Crippen LogP contribution in [0.1, 0.15) is 20.3 Å². The zero-order valence-electron chi connectivity index (χ0n) is 18.3. The van der Waals surface area contributed by atoms with Gasteiger partial charge in [0.1, 0.15) is 28.0 Å². The molecule has 2 aromatic carbocycles. The van der Waals surface area contributed by atoms with Crippen LogP contribution in [0.4, 0.5) is 0 Å². The zero-order chi connectivity index (χ0) is 22.5. The molecular formula is C25H25N3O3S. The minimum absolute atomic E-state index is 0.220. The van der Waals surface area contributed by atoms with Gasteiger partial charge < -0.3 is 14.0 Å². The fourth-order valence-electron chi connectivity index (χ4n) is 3.57. The van der Waals surface area contributed by atoms with Crippen molar-refractivity contribution in [3.63, 3.8) is 0 Å². The van der Waals surface area contributed by atoms with E-state index in [9.17, 15) is 4.79 Å². The second-order valence-electron chi connectivity index (χ2n) is 7.12. The summed E-state index contributed by atoms with van der Waals surface area (Å²) in [5, 5.41) is 1.35. The molecule has 1 atom stereocenters. The van der Waals surface area contributed by atoms with E-state index in [2.05, 4.69) is 28.3 Å². The van der Waals surface area contributed by atoms with Crippen molar-refractivity contribution in [1.82, 2.24) is 14.5 Å². The highest BCUT2D eigenvalue weighted by Crippen LogP contribution is 2.38. The highest BCUT2D eigenvalue weighted by atomic mass is 32.2. The highest BCUT2D eigenvalue weighted by Gasteiger charge is 2.24. The topological polar surface area (TPSA) is 66.2 Å². The van der Waals surface area contributed by atoms with E-state index in [1.54, 1.807) is 13.4 Å². The van der Waals surface area contributed by atoms with E-state index >= 15 is 0 Å². The van der Waals surface area contributed by atoms with Gasteiger partial charge in [0.25, 0.3) is 0 Å². The van der Waals surface area contributed by atoms with Gasteiger partial charge in [-0.25, -0.2) is 9.97 Å². The van der Waals surface area contributed by atoms with Crippen LogP contribution in [0, 0.1) is 0 Å². The molecule has 2 aromatic heterocycles. The van der Waals surface area contributed by atoms with Crippen molar-refractivity contribution in [1.29, 1.82) is 0 Å². The van der Waals surface area contributed by atoms with E-state index < -0.39 is 0 Å². The fraction of sp³-hybridized carbons (Fsp3) is 0.240. The van der Waals surface area contributed by atoms with Crippen LogP contribution >= 0.6 is 11.8 Å². The third kappa shape index (κ3) is 4.34. The van der Waals surface area contributed by atoms with Crippen molar-refractivity contribution in [2.24, 2.45) is 0 Å². The molecule has 7 heteroatoms. The molecule has 0 aliphatic rings. The number of carbonyl (C=O) groups excluding carboxylic acids is 1. The maximum Gasteiger partial charge on any atom is 0.319 e. The number of hydrogen-bond donors (Lipinski definition) is 0.